The molecule has 0 unspecified atom stereocenters. The summed E-state index contributed by atoms with van der Waals surface area (Å²) < 4.78 is 1.07. The Kier molecular flexibility index (Phi) is 5.83. The maximum absolute atomic E-state index is 5.58. The summed E-state index contributed by atoms with van der Waals surface area (Å²) in [6.45, 7) is 0. The molecule has 4 heteroatoms. The molecule has 0 spiro atoms. The third-order valence-corrected chi connectivity index (χ3v) is 3.75. The fourth-order valence-corrected chi connectivity index (χ4v) is 2.51. The lowest BCUT2D eigenvalue weighted by molar-refractivity contribution is 0.900. The van der Waals surface area contributed by atoms with Crippen molar-refractivity contribution in [1.82, 2.24) is 4.98 Å². The van der Waals surface area contributed by atoms with E-state index in [1.165, 1.54) is 0 Å². The first-order chi connectivity index (χ1) is 6.34. The van der Waals surface area contributed by atoms with Crippen molar-refractivity contribution in [2.75, 3.05) is 11.6 Å². The quantitative estimate of drug-likeness (QED) is 0.460. The topological polar surface area (TPSA) is 12.9 Å². The lowest BCUT2D eigenvalue weighted by Gasteiger charge is -2.01. The number of pyridine rings is 1. The minimum absolute atomic E-state index is 0.754. The van der Waals surface area contributed by atoms with Crippen molar-refractivity contribution in [3.05, 3.63) is 22.8 Å². The number of rotatable bonds is 5. The average molecular weight is 281 g/mol. The largest absolute Gasteiger partial charge is 0.249 e. The Hall–Kier alpha value is 0.270. The van der Waals surface area contributed by atoms with E-state index in [1.807, 2.05) is 18.3 Å². The van der Waals surface area contributed by atoms with Crippen LogP contribution >= 0.6 is 39.3 Å². The minimum atomic E-state index is 0.754. The summed E-state index contributed by atoms with van der Waals surface area (Å²) in [4.78, 5) is 4.26. The van der Waals surface area contributed by atoms with Crippen LogP contribution in [0.25, 0.3) is 0 Å². The second kappa shape index (κ2) is 6.68. The van der Waals surface area contributed by atoms with Gasteiger partial charge < -0.3 is 0 Å². The maximum Gasteiger partial charge on any atom is 0.110 e. The summed E-state index contributed by atoms with van der Waals surface area (Å²) >= 11 is 10.8. The zero-order chi connectivity index (χ0) is 9.52. The number of hydrogen-bond donors (Lipinski definition) is 0. The number of thioether (sulfide) groups is 1. The highest BCUT2D eigenvalue weighted by Crippen LogP contribution is 2.25. The van der Waals surface area contributed by atoms with Gasteiger partial charge in [-0.25, -0.2) is 4.98 Å². The van der Waals surface area contributed by atoms with E-state index >= 15 is 0 Å². The van der Waals surface area contributed by atoms with Crippen LogP contribution in [0.1, 0.15) is 12.8 Å². The first-order valence-electron chi connectivity index (χ1n) is 4.14. The van der Waals surface area contributed by atoms with Crippen LogP contribution in [-0.4, -0.2) is 16.6 Å². The highest BCUT2D eigenvalue weighted by atomic mass is 79.9. The van der Waals surface area contributed by atoms with Crippen molar-refractivity contribution in [2.45, 2.75) is 17.9 Å². The summed E-state index contributed by atoms with van der Waals surface area (Å²) in [6.07, 6.45) is 4.05. The summed E-state index contributed by atoms with van der Waals surface area (Å²) in [5.74, 6) is 1.84. The Labute approximate surface area is 96.4 Å². The van der Waals surface area contributed by atoms with Gasteiger partial charge in [-0.3, -0.25) is 0 Å². The van der Waals surface area contributed by atoms with E-state index < -0.39 is 0 Å². The molecule has 0 atom stereocenters. The SMILES string of the molecule is ClCCCCSc1ncccc1Br. The number of nitrogens with zero attached hydrogens (tertiary/aromatic N) is 1. The van der Waals surface area contributed by atoms with Crippen LogP contribution in [0, 0.1) is 0 Å². The van der Waals surface area contributed by atoms with Gasteiger partial charge in [-0.15, -0.1) is 23.4 Å². The summed E-state index contributed by atoms with van der Waals surface area (Å²) in [6, 6.07) is 3.93. The van der Waals surface area contributed by atoms with E-state index in [0.29, 0.717) is 0 Å². The van der Waals surface area contributed by atoms with Crippen LogP contribution in [0.3, 0.4) is 0 Å². The Balaban J connectivity index is 2.32. The zero-order valence-electron chi connectivity index (χ0n) is 7.17. The third kappa shape index (κ3) is 4.34. The van der Waals surface area contributed by atoms with Gasteiger partial charge in [0.05, 0.1) is 0 Å². The molecule has 0 N–H and O–H groups in total. The second-order valence-electron chi connectivity index (χ2n) is 2.53. The van der Waals surface area contributed by atoms with Crippen molar-refractivity contribution in [2.24, 2.45) is 0 Å². The molecule has 0 aliphatic heterocycles. The minimum Gasteiger partial charge on any atom is -0.249 e. The van der Waals surface area contributed by atoms with Crippen molar-refractivity contribution in [3.8, 4) is 0 Å². The van der Waals surface area contributed by atoms with Crippen molar-refractivity contribution < 1.29 is 0 Å². The molecule has 0 aliphatic rings. The molecule has 0 bridgehead atoms. The molecule has 1 heterocycles. The Bertz CT molecular complexity index is 257. The van der Waals surface area contributed by atoms with E-state index in [9.17, 15) is 0 Å². The fraction of sp³-hybridized carbons (Fsp3) is 0.444. The van der Waals surface area contributed by atoms with Crippen LogP contribution in [-0.2, 0) is 0 Å². The van der Waals surface area contributed by atoms with Crippen LogP contribution in [0.4, 0.5) is 0 Å². The van der Waals surface area contributed by atoms with Crippen molar-refractivity contribution in [3.63, 3.8) is 0 Å². The van der Waals surface area contributed by atoms with Gasteiger partial charge in [0.25, 0.3) is 0 Å². The number of aromatic nitrogens is 1. The molecule has 1 nitrogen and oxygen atoms in total. The van der Waals surface area contributed by atoms with Crippen molar-refractivity contribution in [1.29, 1.82) is 0 Å². The predicted octanol–water partition coefficient (Wildman–Crippen LogP) is 3.96. The maximum atomic E-state index is 5.58. The standard InChI is InChI=1S/C9H11BrClNS/c10-8-4-3-6-12-9(8)13-7-2-1-5-11/h3-4,6H,1-2,5,7H2. The van der Waals surface area contributed by atoms with Gasteiger partial charge in [0.2, 0.25) is 0 Å². The van der Waals surface area contributed by atoms with Gasteiger partial charge in [0.1, 0.15) is 5.03 Å². The average Bonchev–Trinajstić information content (AvgIpc) is 2.15. The number of hydrogen-bond acceptors (Lipinski definition) is 2. The molecule has 0 aliphatic carbocycles. The van der Waals surface area contributed by atoms with Gasteiger partial charge in [0.15, 0.2) is 0 Å². The fourth-order valence-electron chi connectivity index (χ4n) is 0.843. The van der Waals surface area contributed by atoms with Crippen LogP contribution < -0.4 is 0 Å². The van der Waals surface area contributed by atoms with Crippen LogP contribution in [0.2, 0.25) is 0 Å². The molecule has 0 saturated heterocycles. The van der Waals surface area contributed by atoms with Crippen LogP contribution in [0.5, 0.6) is 0 Å². The van der Waals surface area contributed by atoms with E-state index in [0.717, 1.165) is 34.0 Å². The highest BCUT2D eigenvalue weighted by Gasteiger charge is 1.99. The smallest absolute Gasteiger partial charge is 0.110 e. The first kappa shape index (κ1) is 11.3. The zero-order valence-corrected chi connectivity index (χ0v) is 10.3. The van der Waals surface area contributed by atoms with E-state index in [4.69, 9.17) is 11.6 Å². The van der Waals surface area contributed by atoms with Crippen molar-refractivity contribution >= 4 is 39.3 Å². The molecule has 1 aromatic heterocycles. The summed E-state index contributed by atoms with van der Waals surface area (Å²) in [7, 11) is 0. The van der Waals surface area contributed by atoms with Gasteiger partial charge in [0, 0.05) is 16.5 Å². The predicted molar refractivity (Wildman–Crippen MR) is 62.6 cm³/mol. The van der Waals surface area contributed by atoms with Gasteiger partial charge in [-0.05, 0) is 46.7 Å². The lowest BCUT2D eigenvalue weighted by Crippen LogP contribution is -1.85. The molecule has 1 aromatic rings. The lowest BCUT2D eigenvalue weighted by atomic mass is 10.4. The molecule has 0 amide bonds. The molecule has 0 saturated carbocycles. The Morgan fingerprint density at radius 2 is 2.31 bits per heavy atom. The van der Waals surface area contributed by atoms with Gasteiger partial charge in [-0.1, -0.05) is 0 Å². The van der Waals surface area contributed by atoms with E-state index in [2.05, 4.69) is 20.9 Å². The third-order valence-electron chi connectivity index (χ3n) is 1.49. The number of halogens is 2. The van der Waals surface area contributed by atoms with Gasteiger partial charge >= 0.3 is 0 Å². The molecular weight excluding hydrogens is 270 g/mol. The number of alkyl halides is 1. The van der Waals surface area contributed by atoms with E-state index in [-0.39, 0.29) is 0 Å². The molecule has 0 fully saturated rings. The first-order valence-corrected chi connectivity index (χ1v) is 6.45. The molecular formula is C9H11BrClNS. The second-order valence-corrected chi connectivity index (χ2v) is 4.85. The Morgan fingerprint density at radius 1 is 1.46 bits per heavy atom. The number of unbranched alkanes of at least 4 members (excludes halogenated alkanes) is 1. The van der Waals surface area contributed by atoms with Gasteiger partial charge in [-0.2, -0.15) is 0 Å². The summed E-state index contributed by atoms with van der Waals surface area (Å²) in [5, 5.41) is 1.07. The molecule has 0 radical (unpaired) electrons. The molecule has 0 aromatic carbocycles. The highest BCUT2D eigenvalue weighted by molar-refractivity contribution is 9.10. The van der Waals surface area contributed by atoms with E-state index in [1.54, 1.807) is 11.8 Å². The molecule has 72 valence electrons. The monoisotopic (exact) mass is 279 g/mol. The molecule has 13 heavy (non-hydrogen) atoms. The normalized spacial score (nSPS) is 10.3. The van der Waals surface area contributed by atoms with Crippen LogP contribution in [0.15, 0.2) is 27.8 Å². The Morgan fingerprint density at radius 3 is 3.00 bits per heavy atom. The molecule has 1 rings (SSSR count). The summed E-state index contributed by atoms with van der Waals surface area (Å²) in [5.41, 5.74) is 0.